The maximum Gasteiger partial charge on any atom is 0.326 e. The van der Waals surface area contributed by atoms with Crippen LogP contribution in [0.4, 0.5) is 0 Å². The van der Waals surface area contributed by atoms with Crippen molar-refractivity contribution in [2.75, 3.05) is 6.54 Å². The molecule has 3 unspecified atom stereocenters. The Morgan fingerprint density at radius 1 is 0.867 bits per heavy atom. The predicted molar refractivity (Wildman–Crippen MR) is 112 cm³/mol. The number of carboxylic acids is 1. The number of aliphatic carboxylic acids is 1. The van der Waals surface area contributed by atoms with Gasteiger partial charge in [0.25, 0.3) is 0 Å². The Kier molecular flexibility index (Phi) is 9.97. The molecule has 0 aliphatic rings. The van der Waals surface area contributed by atoms with E-state index in [1.807, 2.05) is 30.3 Å². The highest BCUT2D eigenvalue weighted by Crippen LogP contribution is 2.09. The molecule has 166 valence electrons. The van der Waals surface area contributed by atoms with E-state index in [2.05, 4.69) is 16.0 Å². The van der Waals surface area contributed by atoms with Gasteiger partial charge in [0.2, 0.25) is 17.7 Å². The van der Waals surface area contributed by atoms with Crippen LogP contribution in [-0.2, 0) is 25.6 Å². The molecule has 0 aromatic heterocycles. The van der Waals surface area contributed by atoms with Crippen LogP contribution >= 0.6 is 0 Å². The number of carbonyl (C=O) groups is 4. The zero-order chi connectivity index (χ0) is 22.8. The quantitative estimate of drug-likeness (QED) is 0.341. The first kappa shape index (κ1) is 25.1. The number of rotatable bonds is 11. The molecule has 6 N–H and O–H groups in total. The first-order valence-electron chi connectivity index (χ1n) is 9.93. The molecule has 0 bridgehead atoms. The first-order chi connectivity index (χ1) is 14.1. The summed E-state index contributed by atoms with van der Waals surface area (Å²) in [5, 5.41) is 17.0. The minimum atomic E-state index is -1.15. The number of hydrogen-bond acceptors (Lipinski definition) is 5. The lowest BCUT2D eigenvalue weighted by Crippen LogP contribution is -2.58. The number of amides is 3. The molecule has 9 nitrogen and oxygen atoms in total. The van der Waals surface area contributed by atoms with Gasteiger partial charge in [0.05, 0.1) is 6.54 Å². The first-order valence-corrected chi connectivity index (χ1v) is 9.93. The van der Waals surface area contributed by atoms with Crippen molar-refractivity contribution in [1.82, 2.24) is 16.0 Å². The Hall–Kier alpha value is -2.94. The van der Waals surface area contributed by atoms with Gasteiger partial charge in [0.15, 0.2) is 0 Å². The summed E-state index contributed by atoms with van der Waals surface area (Å²) in [4.78, 5) is 48.8. The Balaban J connectivity index is 2.98. The van der Waals surface area contributed by atoms with Gasteiger partial charge in [-0.25, -0.2) is 4.79 Å². The summed E-state index contributed by atoms with van der Waals surface area (Å²) >= 11 is 0. The van der Waals surface area contributed by atoms with Crippen molar-refractivity contribution >= 4 is 23.7 Å². The molecule has 0 heterocycles. The van der Waals surface area contributed by atoms with Crippen LogP contribution in [0.15, 0.2) is 30.3 Å². The standard InChI is InChI=1S/C21H32N4O5/c1-12(2)17(20(28)25-18(13(3)4)21(29)30)24-19(27)15(23-16(26)11-22)10-14-8-6-5-7-9-14/h5-9,12-13,15,17-18H,10-11,22H2,1-4H3,(H,23,26)(H,24,27)(H,25,28)(H,29,30). The van der Waals surface area contributed by atoms with Gasteiger partial charge in [0.1, 0.15) is 18.1 Å². The molecule has 1 rings (SSSR count). The second-order valence-corrected chi connectivity index (χ2v) is 7.81. The third-order valence-corrected chi connectivity index (χ3v) is 4.60. The highest BCUT2D eigenvalue weighted by atomic mass is 16.4. The van der Waals surface area contributed by atoms with Crippen LogP contribution in [0.1, 0.15) is 33.3 Å². The number of nitrogens with one attached hydrogen (secondary N) is 3. The van der Waals surface area contributed by atoms with Gasteiger partial charge in [-0.3, -0.25) is 14.4 Å². The van der Waals surface area contributed by atoms with Gasteiger partial charge in [-0.15, -0.1) is 0 Å². The molecule has 0 spiro atoms. The van der Waals surface area contributed by atoms with Crippen LogP contribution < -0.4 is 21.7 Å². The lowest BCUT2D eigenvalue weighted by Gasteiger charge is -2.27. The average Bonchev–Trinajstić information content (AvgIpc) is 2.69. The summed E-state index contributed by atoms with van der Waals surface area (Å²) < 4.78 is 0. The average molecular weight is 421 g/mol. The molecule has 3 amide bonds. The maximum atomic E-state index is 12.9. The molecule has 0 radical (unpaired) electrons. The molecular formula is C21H32N4O5. The number of carbonyl (C=O) groups excluding carboxylic acids is 3. The van der Waals surface area contributed by atoms with Crippen molar-refractivity contribution in [1.29, 1.82) is 0 Å². The molecule has 0 saturated heterocycles. The smallest absolute Gasteiger partial charge is 0.326 e. The van der Waals surface area contributed by atoms with Gasteiger partial charge in [-0.2, -0.15) is 0 Å². The normalized spacial score (nSPS) is 14.0. The molecule has 0 aliphatic carbocycles. The van der Waals surface area contributed by atoms with Crippen LogP contribution in [0, 0.1) is 11.8 Å². The van der Waals surface area contributed by atoms with Crippen LogP contribution in [-0.4, -0.2) is 53.5 Å². The third kappa shape index (κ3) is 7.82. The van der Waals surface area contributed by atoms with Crippen molar-refractivity contribution in [3.8, 4) is 0 Å². The fraction of sp³-hybridized carbons (Fsp3) is 0.524. The van der Waals surface area contributed by atoms with Crippen molar-refractivity contribution in [3.05, 3.63) is 35.9 Å². The van der Waals surface area contributed by atoms with E-state index < -0.39 is 41.8 Å². The van der Waals surface area contributed by atoms with Crippen LogP contribution in [0.3, 0.4) is 0 Å². The molecule has 1 aromatic rings. The van der Waals surface area contributed by atoms with Crippen LogP contribution in [0.5, 0.6) is 0 Å². The number of nitrogens with two attached hydrogens (primary N) is 1. The van der Waals surface area contributed by atoms with E-state index in [0.717, 1.165) is 5.56 Å². The second-order valence-electron chi connectivity index (χ2n) is 7.81. The molecule has 1 aromatic carbocycles. The maximum absolute atomic E-state index is 12.9. The van der Waals surface area contributed by atoms with Crippen molar-refractivity contribution in [2.45, 2.75) is 52.2 Å². The van der Waals surface area contributed by atoms with Gasteiger partial charge < -0.3 is 26.8 Å². The largest absolute Gasteiger partial charge is 0.480 e. The Morgan fingerprint density at radius 2 is 1.40 bits per heavy atom. The van der Waals surface area contributed by atoms with E-state index in [4.69, 9.17) is 5.73 Å². The Morgan fingerprint density at radius 3 is 1.87 bits per heavy atom. The van der Waals surface area contributed by atoms with Crippen molar-refractivity contribution < 1.29 is 24.3 Å². The van der Waals surface area contributed by atoms with Crippen LogP contribution in [0.25, 0.3) is 0 Å². The lowest BCUT2D eigenvalue weighted by atomic mass is 9.99. The van der Waals surface area contributed by atoms with E-state index in [0.29, 0.717) is 0 Å². The lowest BCUT2D eigenvalue weighted by molar-refractivity contribution is -0.143. The zero-order valence-electron chi connectivity index (χ0n) is 17.8. The summed E-state index contributed by atoms with van der Waals surface area (Å²) in [5.74, 6) is -3.43. The summed E-state index contributed by atoms with van der Waals surface area (Å²) in [7, 11) is 0. The summed E-state index contributed by atoms with van der Waals surface area (Å²) in [6, 6.07) is 6.14. The Labute approximate surface area is 176 Å². The van der Waals surface area contributed by atoms with E-state index >= 15 is 0 Å². The molecule has 0 fully saturated rings. The summed E-state index contributed by atoms with van der Waals surface area (Å²) in [6.45, 7) is 6.56. The zero-order valence-corrected chi connectivity index (χ0v) is 17.8. The van der Waals surface area contributed by atoms with E-state index in [1.54, 1.807) is 27.7 Å². The monoisotopic (exact) mass is 420 g/mol. The fourth-order valence-electron chi connectivity index (χ4n) is 2.86. The minimum Gasteiger partial charge on any atom is -0.480 e. The molecular weight excluding hydrogens is 388 g/mol. The second kappa shape index (κ2) is 11.9. The molecule has 30 heavy (non-hydrogen) atoms. The van der Waals surface area contributed by atoms with Crippen LogP contribution in [0.2, 0.25) is 0 Å². The Bertz CT molecular complexity index is 736. The number of benzene rings is 1. The topological polar surface area (TPSA) is 151 Å². The van der Waals surface area contributed by atoms with Crippen molar-refractivity contribution in [2.24, 2.45) is 17.6 Å². The number of hydrogen-bond donors (Lipinski definition) is 5. The van der Waals surface area contributed by atoms with Gasteiger partial charge in [-0.1, -0.05) is 58.0 Å². The molecule has 0 aliphatic heterocycles. The van der Waals surface area contributed by atoms with Gasteiger partial charge >= 0.3 is 5.97 Å². The third-order valence-electron chi connectivity index (χ3n) is 4.60. The SMILES string of the molecule is CC(C)C(NC(=O)C(NC(=O)C(Cc1ccccc1)NC(=O)CN)C(C)C)C(=O)O. The predicted octanol–water partition coefficient (Wildman–Crippen LogP) is 0.0388. The van der Waals surface area contributed by atoms with E-state index in [1.165, 1.54) is 0 Å². The van der Waals surface area contributed by atoms with E-state index in [-0.39, 0.29) is 24.8 Å². The highest BCUT2D eigenvalue weighted by Gasteiger charge is 2.32. The summed E-state index contributed by atoms with van der Waals surface area (Å²) in [5.41, 5.74) is 6.18. The fourth-order valence-corrected chi connectivity index (χ4v) is 2.86. The van der Waals surface area contributed by atoms with Gasteiger partial charge in [0, 0.05) is 6.42 Å². The highest BCUT2D eigenvalue weighted by molar-refractivity contribution is 5.93. The minimum absolute atomic E-state index is 0.217. The molecule has 9 heteroatoms. The molecule has 3 atom stereocenters. The molecule has 0 saturated carbocycles. The van der Waals surface area contributed by atoms with Gasteiger partial charge in [-0.05, 0) is 17.4 Å². The number of carboxylic acid groups (broad SMARTS) is 1. The van der Waals surface area contributed by atoms with E-state index in [9.17, 15) is 24.3 Å². The summed E-state index contributed by atoms with van der Waals surface area (Å²) in [6.07, 6.45) is 0.217. The van der Waals surface area contributed by atoms with Crippen molar-refractivity contribution in [3.63, 3.8) is 0 Å².